The Bertz CT molecular complexity index is 1610. The molecule has 8 nitrogen and oxygen atoms in total. The van der Waals surface area contributed by atoms with Crippen molar-refractivity contribution in [2.24, 2.45) is 5.92 Å². The van der Waals surface area contributed by atoms with Crippen molar-refractivity contribution in [1.82, 2.24) is 15.1 Å². The molecule has 214 valence electrons. The van der Waals surface area contributed by atoms with Gasteiger partial charge in [0.2, 0.25) is 5.91 Å². The van der Waals surface area contributed by atoms with Crippen LogP contribution in [0.1, 0.15) is 50.1 Å². The molecule has 3 aliphatic rings. The van der Waals surface area contributed by atoms with Crippen molar-refractivity contribution in [3.63, 3.8) is 0 Å². The lowest BCUT2D eigenvalue weighted by Gasteiger charge is -2.31. The number of hydrogen-bond donors (Lipinski definition) is 1. The number of amides is 1. The molecule has 1 N–H and O–H groups in total. The van der Waals surface area contributed by atoms with Gasteiger partial charge in [-0.3, -0.25) is 4.79 Å². The molecule has 1 aliphatic heterocycles. The van der Waals surface area contributed by atoms with Crippen molar-refractivity contribution >= 4 is 21.4 Å². The minimum absolute atomic E-state index is 0.100. The third-order valence-corrected chi connectivity index (χ3v) is 10.2. The van der Waals surface area contributed by atoms with Crippen LogP contribution in [-0.4, -0.2) is 54.2 Å². The number of sulfone groups is 1. The highest BCUT2D eigenvalue weighted by molar-refractivity contribution is 7.91. The SMILES string of the molecule is N#CC1(NC(=O)C2CCCCC2c2nn(-c3ccc(F)cc3F)cc2-c2ccc(N3CCS(=O)(=O)CC3)cc2)CC1. The van der Waals surface area contributed by atoms with Gasteiger partial charge in [0.1, 0.15) is 17.0 Å². The van der Waals surface area contributed by atoms with E-state index in [0.717, 1.165) is 35.7 Å². The fourth-order valence-electron chi connectivity index (χ4n) is 5.99. The Balaban J connectivity index is 1.37. The number of aromatic nitrogens is 2. The number of halogens is 2. The van der Waals surface area contributed by atoms with Crippen molar-refractivity contribution in [3.05, 3.63) is 66.0 Å². The van der Waals surface area contributed by atoms with E-state index >= 15 is 0 Å². The van der Waals surface area contributed by atoms with E-state index in [0.29, 0.717) is 44.5 Å². The number of anilines is 1. The first-order valence-corrected chi connectivity index (χ1v) is 15.8. The van der Waals surface area contributed by atoms with Gasteiger partial charge in [-0.15, -0.1) is 0 Å². The molecule has 2 saturated carbocycles. The number of carbonyl (C=O) groups excluding carboxylic acids is 1. The first kappa shape index (κ1) is 27.4. The molecule has 2 aromatic carbocycles. The summed E-state index contributed by atoms with van der Waals surface area (Å²) in [7, 11) is -3.00. The molecule has 6 rings (SSSR count). The van der Waals surface area contributed by atoms with E-state index in [1.807, 2.05) is 29.2 Å². The molecule has 0 spiro atoms. The Labute approximate surface area is 237 Å². The molecule has 0 radical (unpaired) electrons. The molecule has 1 saturated heterocycles. The summed E-state index contributed by atoms with van der Waals surface area (Å²) in [5, 5.41) is 17.3. The molecule has 2 unspecified atom stereocenters. The summed E-state index contributed by atoms with van der Waals surface area (Å²) in [6.45, 7) is 0.857. The van der Waals surface area contributed by atoms with E-state index < -0.39 is 27.0 Å². The minimum Gasteiger partial charge on any atom is -0.369 e. The number of hydrogen-bond acceptors (Lipinski definition) is 6. The lowest BCUT2D eigenvalue weighted by atomic mass is 9.75. The predicted molar refractivity (Wildman–Crippen MR) is 150 cm³/mol. The van der Waals surface area contributed by atoms with Gasteiger partial charge in [-0.05, 0) is 55.5 Å². The predicted octanol–water partition coefficient (Wildman–Crippen LogP) is 4.50. The second-order valence-electron chi connectivity index (χ2n) is 11.3. The smallest absolute Gasteiger partial charge is 0.225 e. The number of benzene rings is 2. The molecule has 41 heavy (non-hydrogen) atoms. The van der Waals surface area contributed by atoms with Crippen molar-refractivity contribution in [2.45, 2.75) is 50.0 Å². The number of nitriles is 1. The van der Waals surface area contributed by atoms with E-state index in [1.165, 1.54) is 16.8 Å². The molecule has 2 atom stereocenters. The second-order valence-corrected chi connectivity index (χ2v) is 13.6. The molecular weight excluding hydrogens is 548 g/mol. The average molecular weight is 580 g/mol. The lowest BCUT2D eigenvalue weighted by molar-refractivity contribution is -0.127. The number of nitrogens with one attached hydrogen (secondary N) is 1. The molecular formula is C30H31F2N5O3S. The Kier molecular flexibility index (Phi) is 7.06. The van der Waals surface area contributed by atoms with Crippen LogP contribution in [0.5, 0.6) is 0 Å². The van der Waals surface area contributed by atoms with Gasteiger partial charge >= 0.3 is 0 Å². The Morgan fingerprint density at radius 2 is 1.76 bits per heavy atom. The van der Waals surface area contributed by atoms with Gasteiger partial charge in [0.25, 0.3) is 0 Å². The highest BCUT2D eigenvalue weighted by Gasteiger charge is 2.47. The van der Waals surface area contributed by atoms with Crippen LogP contribution in [0.2, 0.25) is 0 Å². The Hall–Kier alpha value is -3.78. The van der Waals surface area contributed by atoms with Crippen molar-refractivity contribution in [1.29, 1.82) is 5.26 Å². The molecule has 1 aromatic heterocycles. The van der Waals surface area contributed by atoms with Crippen molar-refractivity contribution in [2.75, 3.05) is 29.5 Å². The fourth-order valence-corrected chi connectivity index (χ4v) is 7.19. The van der Waals surface area contributed by atoms with E-state index in [-0.39, 0.29) is 34.9 Å². The molecule has 3 fully saturated rings. The normalized spacial score (nSPS) is 23.0. The quantitative estimate of drug-likeness (QED) is 0.461. The van der Waals surface area contributed by atoms with E-state index in [4.69, 9.17) is 5.10 Å². The van der Waals surface area contributed by atoms with Gasteiger partial charge in [0.15, 0.2) is 15.7 Å². The summed E-state index contributed by atoms with van der Waals surface area (Å²) in [5.41, 5.74) is 2.45. The average Bonchev–Trinajstić information content (AvgIpc) is 3.60. The molecule has 1 amide bonds. The molecule has 2 heterocycles. The third-order valence-electron chi connectivity index (χ3n) is 8.57. The minimum atomic E-state index is -3.00. The van der Waals surface area contributed by atoms with Crippen molar-refractivity contribution in [3.8, 4) is 22.9 Å². The molecule has 2 aliphatic carbocycles. The van der Waals surface area contributed by atoms with E-state index in [1.54, 1.807) is 6.20 Å². The zero-order valence-corrected chi connectivity index (χ0v) is 23.3. The fraction of sp³-hybridized carbons (Fsp3) is 0.433. The van der Waals surface area contributed by atoms with Crippen LogP contribution in [-0.2, 0) is 14.6 Å². The maximum absolute atomic E-state index is 14.8. The molecule has 3 aromatic rings. The largest absolute Gasteiger partial charge is 0.369 e. The standard InChI is InChI=1S/C30H31F2N5O3S/c31-21-7-10-27(26(32)17-21)37-18-25(20-5-8-22(9-6-20)36-13-15-41(39,40)16-14-36)28(35-37)23-3-1-2-4-24(23)29(38)34-30(19-33)11-12-30/h5-10,17-18,23-24H,1-4,11-16H2,(H,34,38). The number of carbonyl (C=O) groups is 1. The monoisotopic (exact) mass is 579 g/mol. The topological polar surface area (TPSA) is 108 Å². The maximum atomic E-state index is 14.8. The van der Waals surface area contributed by atoms with Crippen LogP contribution < -0.4 is 10.2 Å². The summed E-state index contributed by atoms with van der Waals surface area (Å²) in [4.78, 5) is 15.5. The van der Waals surface area contributed by atoms with Gasteiger partial charge in [0, 0.05) is 48.4 Å². The maximum Gasteiger partial charge on any atom is 0.225 e. The van der Waals surface area contributed by atoms with Crippen LogP contribution in [0.25, 0.3) is 16.8 Å². The van der Waals surface area contributed by atoms with Gasteiger partial charge in [-0.1, -0.05) is 25.0 Å². The first-order valence-electron chi connectivity index (χ1n) is 14.0. The van der Waals surface area contributed by atoms with Crippen LogP contribution in [0.15, 0.2) is 48.7 Å². The summed E-state index contributed by atoms with van der Waals surface area (Å²) in [5.74, 6) is -1.98. The third kappa shape index (κ3) is 5.58. The van der Waals surface area contributed by atoms with Crippen molar-refractivity contribution < 1.29 is 22.0 Å². The summed E-state index contributed by atoms with van der Waals surface area (Å²) >= 11 is 0. The van der Waals surface area contributed by atoms with E-state index in [9.17, 15) is 27.3 Å². The highest BCUT2D eigenvalue weighted by atomic mass is 32.2. The van der Waals surface area contributed by atoms with Crippen LogP contribution >= 0.6 is 0 Å². The molecule has 0 bridgehead atoms. The summed E-state index contributed by atoms with van der Waals surface area (Å²) in [6.07, 6.45) is 6.18. The number of nitrogens with zero attached hydrogens (tertiary/aromatic N) is 4. The molecule has 11 heteroatoms. The summed E-state index contributed by atoms with van der Waals surface area (Å²) < 4.78 is 53.6. The Morgan fingerprint density at radius 1 is 1.05 bits per heavy atom. The van der Waals surface area contributed by atoms with Crippen LogP contribution in [0, 0.1) is 28.9 Å². The summed E-state index contributed by atoms with van der Waals surface area (Å²) in [6, 6.07) is 13.3. The Morgan fingerprint density at radius 3 is 2.41 bits per heavy atom. The van der Waals surface area contributed by atoms with Gasteiger partial charge in [-0.2, -0.15) is 10.4 Å². The van der Waals surface area contributed by atoms with Gasteiger partial charge in [-0.25, -0.2) is 21.9 Å². The lowest BCUT2D eigenvalue weighted by Crippen LogP contribution is -2.42. The zero-order chi connectivity index (χ0) is 28.8. The van der Waals surface area contributed by atoms with Crippen LogP contribution in [0.4, 0.5) is 14.5 Å². The second kappa shape index (κ2) is 10.6. The van der Waals surface area contributed by atoms with Crippen LogP contribution in [0.3, 0.4) is 0 Å². The van der Waals surface area contributed by atoms with E-state index in [2.05, 4.69) is 11.4 Å². The van der Waals surface area contributed by atoms with Gasteiger partial charge < -0.3 is 10.2 Å². The zero-order valence-electron chi connectivity index (χ0n) is 22.5. The number of rotatable bonds is 6. The first-order chi connectivity index (χ1) is 19.7. The highest BCUT2D eigenvalue weighted by Crippen LogP contribution is 2.43. The van der Waals surface area contributed by atoms with Gasteiger partial charge in [0.05, 0.1) is 23.3 Å².